The molecule has 0 saturated carbocycles. The average Bonchev–Trinajstić information content (AvgIpc) is 2.54. The van der Waals surface area contributed by atoms with Crippen LogP contribution in [0.4, 0.5) is 5.69 Å². The summed E-state index contributed by atoms with van der Waals surface area (Å²) in [6.45, 7) is 5.93. The number of nitrogens with zero attached hydrogens (tertiary/aromatic N) is 1. The molecule has 1 amide bonds. The van der Waals surface area contributed by atoms with Crippen LogP contribution < -0.4 is 5.32 Å². The quantitative estimate of drug-likeness (QED) is 0.503. The van der Waals surface area contributed by atoms with Crippen LogP contribution in [0.5, 0.6) is 0 Å². The summed E-state index contributed by atoms with van der Waals surface area (Å²) in [6, 6.07) is 14.8. The summed E-state index contributed by atoms with van der Waals surface area (Å²) in [6.07, 6.45) is 0. The van der Waals surface area contributed by atoms with E-state index in [-0.39, 0.29) is 5.91 Å². The number of rotatable bonds is 4. The number of carbonyl (C=O) groups excluding carboxylic acids is 1. The average molecular weight is 296 g/mol. The molecule has 2 aromatic carbocycles. The number of hydrogen-bond acceptors (Lipinski definition) is 3. The highest BCUT2D eigenvalue weighted by Gasteiger charge is 2.08. The molecule has 0 fully saturated rings. The Kier molecular flexibility index (Phi) is 4.94. The van der Waals surface area contributed by atoms with Crippen LogP contribution in [-0.4, -0.2) is 16.8 Å². The maximum atomic E-state index is 12.3. The predicted octanol–water partition coefficient (Wildman–Crippen LogP) is 4.26. The minimum atomic E-state index is -0.161. The SMILES string of the molecule is C/C(=N\O)c1cccc(NC(=O)c2ccc(C(C)C)cc2)c1. The third-order valence-electron chi connectivity index (χ3n) is 3.53. The molecule has 0 aliphatic carbocycles. The Balaban J connectivity index is 2.15. The smallest absolute Gasteiger partial charge is 0.255 e. The molecule has 0 spiro atoms. The summed E-state index contributed by atoms with van der Waals surface area (Å²) >= 11 is 0. The van der Waals surface area contributed by atoms with Crippen LogP contribution in [0, 0.1) is 0 Å². The Morgan fingerprint density at radius 3 is 2.36 bits per heavy atom. The molecule has 114 valence electrons. The van der Waals surface area contributed by atoms with E-state index in [1.54, 1.807) is 19.1 Å². The number of hydrogen-bond donors (Lipinski definition) is 2. The Morgan fingerprint density at radius 1 is 1.09 bits per heavy atom. The van der Waals surface area contributed by atoms with Crippen molar-refractivity contribution >= 4 is 17.3 Å². The Bertz CT molecular complexity index is 688. The lowest BCUT2D eigenvalue weighted by Gasteiger charge is -2.09. The Labute approximate surface area is 130 Å². The third kappa shape index (κ3) is 3.73. The molecular weight excluding hydrogens is 276 g/mol. The van der Waals surface area contributed by atoms with E-state index in [0.29, 0.717) is 22.9 Å². The van der Waals surface area contributed by atoms with Crippen molar-refractivity contribution in [2.24, 2.45) is 5.16 Å². The van der Waals surface area contributed by atoms with Crippen LogP contribution in [-0.2, 0) is 0 Å². The van der Waals surface area contributed by atoms with Crippen molar-refractivity contribution in [1.29, 1.82) is 0 Å². The van der Waals surface area contributed by atoms with Gasteiger partial charge in [-0.3, -0.25) is 4.79 Å². The van der Waals surface area contributed by atoms with Crippen molar-refractivity contribution in [2.75, 3.05) is 5.32 Å². The maximum Gasteiger partial charge on any atom is 0.255 e. The van der Waals surface area contributed by atoms with Crippen molar-refractivity contribution in [2.45, 2.75) is 26.7 Å². The summed E-state index contributed by atoms with van der Waals surface area (Å²) in [5.41, 5.74) is 3.74. The number of nitrogens with one attached hydrogen (secondary N) is 1. The van der Waals surface area contributed by atoms with Crippen LogP contribution in [0.25, 0.3) is 0 Å². The van der Waals surface area contributed by atoms with Gasteiger partial charge in [-0.2, -0.15) is 0 Å². The van der Waals surface area contributed by atoms with Gasteiger partial charge in [-0.1, -0.05) is 43.3 Å². The molecule has 0 aliphatic rings. The van der Waals surface area contributed by atoms with Gasteiger partial charge in [0.2, 0.25) is 0 Å². The molecule has 2 aromatic rings. The van der Waals surface area contributed by atoms with Gasteiger partial charge in [0.1, 0.15) is 0 Å². The molecule has 0 atom stereocenters. The fraction of sp³-hybridized carbons (Fsp3) is 0.222. The standard InChI is InChI=1S/C18H20N2O2/c1-12(2)14-7-9-15(10-8-14)18(21)19-17-6-4-5-16(11-17)13(3)20-22/h4-12,22H,1-3H3,(H,19,21)/b20-13+. The normalized spacial score (nSPS) is 11.5. The van der Waals surface area contributed by atoms with Crippen LogP contribution in [0.2, 0.25) is 0 Å². The van der Waals surface area contributed by atoms with E-state index < -0.39 is 0 Å². The van der Waals surface area contributed by atoms with E-state index >= 15 is 0 Å². The van der Waals surface area contributed by atoms with E-state index in [1.165, 1.54) is 5.56 Å². The predicted molar refractivity (Wildman–Crippen MR) is 88.9 cm³/mol. The third-order valence-corrected chi connectivity index (χ3v) is 3.53. The molecule has 0 aromatic heterocycles. The number of amides is 1. The molecule has 0 heterocycles. The summed E-state index contributed by atoms with van der Waals surface area (Å²) in [5.74, 6) is 0.278. The highest BCUT2D eigenvalue weighted by atomic mass is 16.4. The Morgan fingerprint density at radius 2 is 1.77 bits per heavy atom. The monoisotopic (exact) mass is 296 g/mol. The lowest BCUT2D eigenvalue weighted by atomic mass is 10.0. The molecule has 4 heteroatoms. The number of carbonyl (C=O) groups is 1. The molecule has 0 aliphatic heterocycles. The first-order chi connectivity index (χ1) is 10.5. The van der Waals surface area contributed by atoms with Crippen molar-refractivity contribution in [3.63, 3.8) is 0 Å². The minimum Gasteiger partial charge on any atom is -0.411 e. The van der Waals surface area contributed by atoms with Crippen molar-refractivity contribution in [3.05, 3.63) is 65.2 Å². The van der Waals surface area contributed by atoms with Crippen LogP contribution >= 0.6 is 0 Å². The molecule has 4 nitrogen and oxygen atoms in total. The van der Waals surface area contributed by atoms with E-state index in [2.05, 4.69) is 24.3 Å². The van der Waals surface area contributed by atoms with E-state index in [4.69, 9.17) is 5.21 Å². The molecule has 2 rings (SSSR count). The fourth-order valence-electron chi connectivity index (χ4n) is 2.10. The van der Waals surface area contributed by atoms with Gasteiger partial charge in [0.15, 0.2) is 0 Å². The van der Waals surface area contributed by atoms with E-state index in [1.807, 2.05) is 36.4 Å². The largest absolute Gasteiger partial charge is 0.411 e. The zero-order chi connectivity index (χ0) is 16.1. The summed E-state index contributed by atoms with van der Waals surface area (Å²) < 4.78 is 0. The molecule has 0 bridgehead atoms. The second kappa shape index (κ2) is 6.89. The Hall–Kier alpha value is -2.62. The van der Waals surface area contributed by atoms with E-state index in [9.17, 15) is 4.79 Å². The van der Waals surface area contributed by atoms with Crippen molar-refractivity contribution in [3.8, 4) is 0 Å². The molecule has 0 unspecified atom stereocenters. The highest BCUT2D eigenvalue weighted by Crippen LogP contribution is 2.16. The number of anilines is 1. The summed E-state index contributed by atoms with van der Waals surface area (Å²) in [7, 11) is 0. The lowest BCUT2D eigenvalue weighted by molar-refractivity contribution is 0.102. The molecule has 0 radical (unpaired) electrons. The molecule has 0 saturated heterocycles. The van der Waals surface area contributed by atoms with E-state index in [0.717, 1.165) is 5.56 Å². The topological polar surface area (TPSA) is 61.7 Å². The first kappa shape index (κ1) is 15.8. The van der Waals surface area contributed by atoms with Crippen LogP contribution in [0.3, 0.4) is 0 Å². The minimum absolute atomic E-state index is 0.161. The van der Waals surface area contributed by atoms with Crippen LogP contribution in [0.15, 0.2) is 53.7 Å². The number of benzene rings is 2. The van der Waals surface area contributed by atoms with Gasteiger partial charge in [0.25, 0.3) is 5.91 Å². The summed E-state index contributed by atoms with van der Waals surface area (Å²) in [4.78, 5) is 12.3. The lowest BCUT2D eigenvalue weighted by Crippen LogP contribution is -2.12. The molecule has 2 N–H and O–H groups in total. The first-order valence-electron chi connectivity index (χ1n) is 7.21. The first-order valence-corrected chi connectivity index (χ1v) is 7.21. The van der Waals surface area contributed by atoms with Gasteiger partial charge in [-0.15, -0.1) is 0 Å². The number of oxime groups is 1. The van der Waals surface area contributed by atoms with Gasteiger partial charge < -0.3 is 10.5 Å². The highest BCUT2D eigenvalue weighted by molar-refractivity contribution is 6.05. The second-order valence-corrected chi connectivity index (χ2v) is 5.50. The summed E-state index contributed by atoms with van der Waals surface area (Å²) in [5, 5.41) is 14.8. The van der Waals surface area contributed by atoms with Crippen LogP contribution in [0.1, 0.15) is 48.2 Å². The maximum absolute atomic E-state index is 12.3. The second-order valence-electron chi connectivity index (χ2n) is 5.50. The molecular formula is C18H20N2O2. The van der Waals surface area contributed by atoms with Crippen molar-refractivity contribution < 1.29 is 10.0 Å². The van der Waals surface area contributed by atoms with Gasteiger partial charge in [-0.05, 0) is 42.7 Å². The zero-order valence-corrected chi connectivity index (χ0v) is 13.0. The van der Waals surface area contributed by atoms with Gasteiger partial charge in [0, 0.05) is 16.8 Å². The zero-order valence-electron chi connectivity index (χ0n) is 13.0. The van der Waals surface area contributed by atoms with Gasteiger partial charge in [0.05, 0.1) is 5.71 Å². The molecule has 22 heavy (non-hydrogen) atoms. The van der Waals surface area contributed by atoms with Gasteiger partial charge >= 0.3 is 0 Å². The van der Waals surface area contributed by atoms with Gasteiger partial charge in [-0.25, -0.2) is 0 Å². The van der Waals surface area contributed by atoms with Crippen molar-refractivity contribution in [1.82, 2.24) is 0 Å². The fourth-order valence-corrected chi connectivity index (χ4v) is 2.10.